The summed E-state index contributed by atoms with van der Waals surface area (Å²) < 4.78 is 5.01. The van der Waals surface area contributed by atoms with Gasteiger partial charge >= 0.3 is 0 Å². The average Bonchev–Trinajstić information content (AvgIpc) is 2.47. The molecule has 5 nitrogen and oxygen atoms in total. The Morgan fingerprint density at radius 3 is 2.40 bits per heavy atom. The molecule has 5 heteroatoms. The van der Waals surface area contributed by atoms with Gasteiger partial charge in [0.05, 0.1) is 18.8 Å². The maximum atomic E-state index is 12.0. The second-order valence-corrected chi connectivity index (χ2v) is 4.02. The highest BCUT2D eigenvalue weighted by molar-refractivity contribution is 6.07. The number of ether oxygens (including phenoxy) is 1. The minimum Gasteiger partial charge on any atom is -0.545 e. The van der Waals surface area contributed by atoms with E-state index in [1.54, 1.807) is 30.3 Å². The van der Waals surface area contributed by atoms with Crippen LogP contribution in [0.1, 0.15) is 20.7 Å². The number of aromatic carboxylic acids is 1. The van der Waals surface area contributed by atoms with Crippen molar-refractivity contribution in [2.24, 2.45) is 0 Å². The average molecular weight is 270 g/mol. The summed E-state index contributed by atoms with van der Waals surface area (Å²) in [5, 5.41) is 13.6. The van der Waals surface area contributed by atoms with Gasteiger partial charge in [0.25, 0.3) is 5.91 Å². The molecule has 2 aromatic carbocycles. The van der Waals surface area contributed by atoms with E-state index in [9.17, 15) is 14.7 Å². The molecule has 20 heavy (non-hydrogen) atoms. The molecule has 0 fully saturated rings. The van der Waals surface area contributed by atoms with Gasteiger partial charge in [-0.2, -0.15) is 0 Å². The standard InChI is InChI=1S/C15H13NO4/c1-20-11-7-8-12(15(18)19)13(9-11)16-14(17)10-5-3-2-4-6-10/h2-9H,1H3,(H,16,17)(H,18,19)/p-1. The van der Waals surface area contributed by atoms with Crippen molar-refractivity contribution >= 4 is 17.6 Å². The smallest absolute Gasteiger partial charge is 0.255 e. The first-order valence-electron chi connectivity index (χ1n) is 5.87. The molecule has 0 aliphatic rings. The molecule has 0 aromatic heterocycles. The lowest BCUT2D eigenvalue weighted by molar-refractivity contribution is -0.254. The molecule has 0 radical (unpaired) electrons. The van der Waals surface area contributed by atoms with Crippen molar-refractivity contribution in [3.63, 3.8) is 0 Å². The molecule has 0 bridgehead atoms. The third kappa shape index (κ3) is 2.95. The lowest BCUT2D eigenvalue weighted by atomic mass is 10.1. The maximum Gasteiger partial charge on any atom is 0.255 e. The Hall–Kier alpha value is -2.82. The van der Waals surface area contributed by atoms with Gasteiger partial charge in [-0.1, -0.05) is 18.2 Å². The quantitative estimate of drug-likeness (QED) is 0.908. The number of carbonyl (C=O) groups is 2. The SMILES string of the molecule is COc1ccc(C(=O)[O-])c(NC(=O)c2ccccc2)c1. The monoisotopic (exact) mass is 270 g/mol. The van der Waals surface area contributed by atoms with E-state index in [1.807, 2.05) is 0 Å². The summed E-state index contributed by atoms with van der Waals surface area (Å²) in [6.07, 6.45) is 0. The lowest BCUT2D eigenvalue weighted by Gasteiger charge is -2.13. The number of carboxylic acid groups (broad SMARTS) is 1. The number of anilines is 1. The summed E-state index contributed by atoms with van der Waals surface area (Å²) in [7, 11) is 1.46. The van der Waals surface area contributed by atoms with Gasteiger partial charge in [0.2, 0.25) is 0 Å². The van der Waals surface area contributed by atoms with E-state index in [2.05, 4.69) is 5.32 Å². The summed E-state index contributed by atoms with van der Waals surface area (Å²) in [6, 6.07) is 12.8. The zero-order valence-corrected chi connectivity index (χ0v) is 10.8. The summed E-state index contributed by atoms with van der Waals surface area (Å²) >= 11 is 0. The van der Waals surface area contributed by atoms with E-state index in [0.29, 0.717) is 11.3 Å². The topological polar surface area (TPSA) is 78.5 Å². The van der Waals surface area contributed by atoms with Crippen LogP contribution in [0.4, 0.5) is 5.69 Å². The Morgan fingerprint density at radius 2 is 1.80 bits per heavy atom. The normalized spacial score (nSPS) is 9.85. The molecule has 0 aliphatic heterocycles. The van der Waals surface area contributed by atoms with E-state index in [-0.39, 0.29) is 11.3 Å². The van der Waals surface area contributed by atoms with Crippen molar-refractivity contribution in [1.82, 2.24) is 0 Å². The van der Waals surface area contributed by atoms with Gasteiger partial charge in [-0.3, -0.25) is 4.79 Å². The number of nitrogens with one attached hydrogen (secondary N) is 1. The third-order valence-electron chi connectivity index (χ3n) is 2.73. The zero-order valence-electron chi connectivity index (χ0n) is 10.8. The van der Waals surface area contributed by atoms with E-state index in [1.165, 1.54) is 25.3 Å². The fourth-order valence-electron chi connectivity index (χ4n) is 1.72. The summed E-state index contributed by atoms with van der Waals surface area (Å²) in [4.78, 5) is 23.1. The van der Waals surface area contributed by atoms with Crippen LogP contribution in [0.2, 0.25) is 0 Å². The lowest BCUT2D eigenvalue weighted by Crippen LogP contribution is -2.24. The largest absolute Gasteiger partial charge is 0.545 e. The van der Waals surface area contributed by atoms with Crippen LogP contribution in [-0.4, -0.2) is 19.0 Å². The van der Waals surface area contributed by atoms with Crippen molar-refractivity contribution in [2.45, 2.75) is 0 Å². The molecule has 0 saturated carbocycles. The Bertz CT molecular complexity index is 638. The minimum atomic E-state index is -1.36. The van der Waals surface area contributed by atoms with Crippen LogP contribution < -0.4 is 15.2 Å². The van der Waals surface area contributed by atoms with Crippen LogP contribution in [0.5, 0.6) is 5.75 Å². The minimum absolute atomic E-state index is 0.102. The molecule has 2 rings (SSSR count). The predicted octanol–water partition coefficient (Wildman–Crippen LogP) is 1.31. The van der Waals surface area contributed by atoms with Gasteiger partial charge in [-0.05, 0) is 24.3 Å². The number of hydrogen-bond donors (Lipinski definition) is 1. The Morgan fingerprint density at radius 1 is 1.10 bits per heavy atom. The Balaban J connectivity index is 2.32. The van der Waals surface area contributed by atoms with E-state index in [0.717, 1.165) is 0 Å². The molecule has 0 aliphatic carbocycles. The van der Waals surface area contributed by atoms with E-state index >= 15 is 0 Å². The first-order valence-corrected chi connectivity index (χ1v) is 5.87. The van der Waals surface area contributed by atoms with E-state index in [4.69, 9.17) is 4.74 Å². The van der Waals surface area contributed by atoms with Crippen LogP contribution in [-0.2, 0) is 0 Å². The number of methoxy groups -OCH3 is 1. The van der Waals surface area contributed by atoms with Gasteiger partial charge in [0, 0.05) is 17.2 Å². The number of benzene rings is 2. The van der Waals surface area contributed by atoms with E-state index < -0.39 is 11.9 Å². The first-order chi connectivity index (χ1) is 9.61. The molecule has 1 N–H and O–H groups in total. The molecule has 0 saturated heterocycles. The second kappa shape index (κ2) is 5.88. The highest BCUT2D eigenvalue weighted by Crippen LogP contribution is 2.22. The molecule has 0 unspecified atom stereocenters. The molecule has 0 atom stereocenters. The highest BCUT2D eigenvalue weighted by Gasteiger charge is 2.10. The number of carboxylic acids is 1. The van der Waals surface area contributed by atoms with Crippen molar-refractivity contribution in [3.05, 3.63) is 59.7 Å². The molecular formula is C15H12NO4-. The van der Waals surface area contributed by atoms with Crippen LogP contribution in [0.3, 0.4) is 0 Å². The first kappa shape index (κ1) is 13.6. The highest BCUT2D eigenvalue weighted by atomic mass is 16.5. The molecular weight excluding hydrogens is 258 g/mol. The van der Waals surface area contributed by atoms with Crippen molar-refractivity contribution < 1.29 is 19.4 Å². The second-order valence-electron chi connectivity index (χ2n) is 4.02. The van der Waals surface area contributed by atoms with Crippen molar-refractivity contribution in [1.29, 1.82) is 0 Å². The fraction of sp³-hybridized carbons (Fsp3) is 0.0667. The van der Waals surface area contributed by atoms with Crippen LogP contribution in [0.25, 0.3) is 0 Å². The zero-order chi connectivity index (χ0) is 14.5. The van der Waals surface area contributed by atoms with Crippen LogP contribution in [0, 0.1) is 0 Å². The predicted molar refractivity (Wildman–Crippen MR) is 71.7 cm³/mol. The molecule has 2 aromatic rings. The summed E-state index contributed by atoms with van der Waals surface area (Å²) in [6.45, 7) is 0. The summed E-state index contributed by atoms with van der Waals surface area (Å²) in [5.74, 6) is -1.32. The maximum absolute atomic E-state index is 12.0. The van der Waals surface area contributed by atoms with Crippen LogP contribution >= 0.6 is 0 Å². The number of hydrogen-bond acceptors (Lipinski definition) is 4. The molecule has 1 amide bonds. The van der Waals surface area contributed by atoms with Gasteiger partial charge < -0.3 is 20.0 Å². The molecule has 0 heterocycles. The Labute approximate surface area is 115 Å². The van der Waals surface area contributed by atoms with Crippen molar-refractivity contribution in [3.8, 4) is 5.75 Å². The number of amides is 1. The fourth-order valence-corrected chi connectivity index (χ4v) is 1.72. The number of rotatable bonds is 4. The van der Waals surface area contributed by atoms with Crippen molar-refractivity contribution in [2.75, 3.05) is 12.4 Å². The van der Waals surface area contributed by atoms with Gasteiger partial charge in [-0.15, -0.1) is 0 Å². The number of carbonyl (C=O) groups excluding carboxylic acids is 2. The van der Waals surface area contributed by atoms with Gasteiger partial charge in [-0.25, -0.2) is 0 Å². The van der Waals surface area contributed by atoms with Gasteiger partial charge in [0.15, 0.2) is 0 Å². The van der Waals surface area contributed by atoms with Crippen LogP contribution in [0.15, 0.2) is 48.5 Å². The summed E-state index contributed by atoms with van der Waals surface area (Å²) in [5.41, 5.74) is 0.466. The molecule has 0 spiro atoms. The molecule has 102 valence electrons. The Kier molecular flexibility index (Phi) is 4.00. The third-order valence-corrected chi connectivity index (χ3v) is 2.73. The van der Waals surface area contributed by atoms with Gasteiger partial charge in [0.1, 0.15) is 5.75 Å².